The Balaban J connectivity index is 2.38. The third-order valence-electron chi connectivity index (χ3n) is 2.30. The van der Waals surface area contributed by atoms with Crippen LogP contribution in [0.25, 0.3) is 0 Å². The lowest BCUT2D eigenvalue weighted by Gasteiger charge is -2.08. The number of oxime groups is 1. The van der Waals surface area contributed by atoms with E-state index in [2.05, 4.69) is 31.1 Å². The monoisotopic (exact) mass is 340 g/mol. The van der Waals surface area contributed by atoms with Gasteiger partial charge >= 0.3 is 6.01 Å². The number of halogens is 2. The number of aromatic nitrogens is 2. The van der Waals surface area contributed by atoms with Crippen LogP contribution in [-0.2, 0) is 0 Å². The van der Waals surface area contributed by atoms with Crippen LogP contribution in [0.1, 0.15) is 11.4 Å². The molecule has 8 heteroatoms. The first-order chi connectivity index (χ1) is 9.49. The zero-order valence-electron chi connectivity index (χ0n) is 10.3. The minimum Gasteiger partial charge on any atom is -0.423 e. The van der Waals surface area contributed by atoms with Crippen LogP contribution in [0.5, 0.6) is 11.8 Å². The van der Waals surface area contributed by atoms with Gasteiger partial charge in [-0.2, -0.15) is 4.98 Å². The molecule has 0 unspecified atom stereocenters. The second kappa shape index (κ2) is 5.83. The number of hydrogen-bond acceptors (Lipinski definition) is 5. The molecule has 0 spiro atoms. The van der Waals surface area contributed by atoms with E-state index in [4.69, 9.17) is 15.7 Å². The molecule has 0 fully saturated rings. The summed E-state index contributed by atoms with van der Waals surface area (Å²) >= 11 is 3.23. The number of benzene rings is 1. The summed E-state index contributed by atoms with van der Waals surface area (Å²) in [6, 6.07) is 5.49. The summed E-state index contributed by atoms with van der Waals surface area (Å²) < 4.78 is 19.1. The van der Waals surface area contributed by atoms with Gasteiger partial charge in [0.05, 0.1) is 4.47 Å². The second-order valence-corrected chi connectivity index (χ2v) is 4.69. The number of ether oxygens (including phenoxy) is 1. The molecule has 0 atom stereocenters. The number of aryl methyl sites for hydroxylation is 1. The zero-order valence-corrected chi connectivity index (χ0v) is 11.9. The Kier molecular flexibility index (Phi) is 4.14. The molecule has 0 amide bonds. The van der Waals surface area contributed by atoms with Crippen molar-refractivity contribution in [2.45, 2.75) is 6.92 Å². The van der Waals surface area contributed by atoms with Gasteiger partial charge in [0.25, 0.3) is 0 Å². The largest absolute Gasteiger partial charge is 0.423 e. The van der Waals surface area contributed by atoms with Crippen molar-refractivity contribution in [3.63, 3.8) is 0 Å². The smallest absolute Gasteiger partial charge is 0.322 e. The molecule has 0 saturated carbocycles. The van der Waals surface area contributed by atoms with Gasteiger partial charge in [-0.25, -0.2) is 9.37 Å². The summed E-state index contributed by atoms with van der Waals surface area (Å²) in [5, 5.41) is 11.5. The van der Waals surface area contributed by atoms with E-state index in [0.29, 0.717) is 10.2 Å². The molecule has 1 heterocycles. The topological polar surface area (TPSA) is 93.6 Å². The van der Waals surface area contributed by atoms with Crippen LogP contribution in [0, 0.1) is 12.7 Å². The second-order valence-electron chi connectivity index (χ2n) is 3.84. The number of nitrogens with two attached hydrogens (primary N) is 1. The SMILES string of the molecule is Cc1cc(/C(N)=N/O)nc(Oc2cc(F)ccc2Br)n1. The van der Waals surface area contributed by atoms with Crippen molar-refractivity contribution in [1.82, 2.24) is 9.97 Å². The Bertz CT molecular complexity index is 679. The lowest BCUT2D eigenvalue weighted by atomic mass is 10.3. The van der Waals surface area contributed by atoms with Gasteiger partial charge in [-0.15, -0.1) is 0 Å². The molecule has 2 aromatic rings. The van der Waals surface area contributed by atoms with E-state index in [1.165, 1.54) is 24.3 Å². The van der Waals surface area contributed by atoms with Gasteiger partial charge in [0, 0.05) is 11.8 Å². The molecule has 6 nitrogen and oxygen atoms in total. The van der Waals surface area contributed by atoms with Crippen molar-refractivity contribution in [2.75, 3.05) is 0 Å². The van der Waals surface area contributed by atoms with E-state index in [9.17, 15) is 4.39 Å². The molecule has 0 bridgehead atoms. The Labute approximate surface area is 122 Å². The van der Waals surface area contributed by atoms with Crippen molar-refractivity contribution >= 4 is 21.8 Å². The van der Waals surface area contributed by atoms with Crippen LogP contribution in [0.3, 0.4) is 0 Å². The van der Waals surface area contributed by atoms with Crippen LogP contribution in [-0.4, -0.2) is 21.0 Å². The van der Waals surface area contributed by atoms with Crippen LogP contribution in [0.2, 0.25) is 0 Å². The summed E-state index contributed by atoms with van der Waals surface area (Å²) in [5.41, 5.74) is 6.23. The van der Waals surface area contributed by atoms with Gasteiger partial charge in [-0.05, 0) is 41.1 Å². The summed E-state index contributed by atoms with van der Waals surface area (Å²) in [7, 11) is 0. The first-order valence-electron chi connectivity index (χ1n) is 5.46. The van der Waals surface area contributed by atoms with Crippen molar-refractivity contribution in [3.05, 3.63) is 45.9 Å². The number of amidine groups is 1. The van der Waals surface area contributed by atoms with E-state index in [1.807, 2.05) is 0 Å². The summed E-state index contributed by atoms with van der Waals surface area (Å²) in [6.07, 6.45) is 0. The fourth-order valence-electron chi connectivity index (χ4n) is 1.42. The molecule has 0 aliphatic heterocycles. The van der Waals surface area contributed by atoms with Gasteiger partial charge in [0.15, 0.2) is 5.84 Å². The maximum Gasteiger partial charge on any atom is 0.322 e. The highest BCUT2D eigenvalue weighted by atomic mass is 79.9. The Morgan fingerprint density at radius 3 is 2.85 bits per heavy atom. The standard InChI is InChI=1S/C12H10BrFN4O2/c1-6-4-9(11(15)18-19)17-12(16-6)20-10-5-7(14)2-3-8(10)13/h2-5,19H,1H3,(H2,15,18). The molecule has 0 aliphatic rings. The van der Waals surface area contributed by atoms with E-state index in [1.54, 1.807) is 6.92 Å². The highest BCUT2D eigenvalue weighted by Crippen LogP contribution is 2.28. The predicted molar refractivity (Wildman–Crippen MR) is 73.5 cm³/mol. The first-order valence-corrected chi connectivity index (χ1v) is 6.25. The fraction of sp³-hybridized carbons (Fsp3) is 0.0833. The molecule has 0 saturated heterocycles. The maximum atomic E-state index is 13.2. The summed E-state index contributed by atoms with van der Waals surface area (Å²) in [4.78, 5) is 8.03. The molecule has 104 valence electrons. The van der Waals surface area contributed by atoms with Gasteiger partial charge in [0.1, 0.15) is 17.3 Å². The third kappa shape index (κ3) is 3.21. The summed E-state index contributed by atoms with van der Waals surface area (Å²) in [5.74, 6) is -0.396. The Morgan fingerprint density at radius 2 is 2.15 bits per heavy atom. The molecule has 0 aliphatic carbocycles. The van der Waals surface area contributed by atoms with Crippen molar-refractivity contribution in [2.24, 2.45) is 10.9 Å². The van der Waals surface area contributed by atoms with Gasteiger partial charge < -0.3 is 15.7 Å². The molecular weight excluding hydrogens is 331 g/mol. The number of rotatable bonds is 3. The highest BCUT2D eigenvalue weighted by Gasteiger charge is 2.10. The summed E-state index contributed by atoms with van der Waals surface area (Å²) in [6.45, 7) is 1.70. The quantitative estimate of drug-likeness (QED) is 0.387. The lowest BCUT2D eigenvalue weighted by Crippen LogP contribution is -2.16. The van der Waals surface area contributed by atoms with E-state index in [-0.39, 0.29) is 23.3 Å². The average Bonchev–Trinajstić information content (AvgIpc) is 2.41. The molecule has 20 heavy (non-hydrogen) atoms. The minimum atomic E-state index is -0.451. The molecule has 2 rings (SSSR count). The third-order valence-corrected chi connectivity index (χ3v) is 2.95. The molecule has 1 aromatic carbocycles. The molecule has 1 aromatic heterocycles. The Morgan fingerprint density at radius 1 is 1.40 bits per heavy atom. The van der Waals surface area contributed by atoms with Crippen molar-refractivity contribution < 1.29 is 14.3 Å². The normalized spacial score (nSPS) is 11.4. The van der Waals surface area contributed by atoms with Crippen LogP contribution < -0.4 is 10.5 Å². The number of hydrogen-bond donors (Lipinski definition) is 2. The highest BCUT2D eigenvalue weighted by molar-refractivity contribution is 9.10. The Hall–Kier alpha value is -2.22. The van der Waals surface area contributed by atoms with Gasteiger partial charge in [0.2, 0.25) is 0 Å². The van der Waals surface area contributed by atoms with Gasteiger partial charge in [-0.3, -0.25) is 0 Å². The van der Waals surface area contributed by atoms with Crippen LogP contribution >= 0.6 is 15.9 Å². The average molecular weight is 341 g/mol. The van der Waals surface area contributed by atoms with E-state index in [0.717, 1.165) is 0 Å². The minimum absolute atomic E-state index is 0.0297. The van der Waals surface area contributed by atoms with Crippen molar-refractivity contribution in [1.29, 1.82) is 0 Å². The van der Waals surface area contributed by atoms with Crippen LogP contribution in [0.15, 0.2) is 33.9 Å². The lowest BCUT2D eigenvalue weighted by molar-refractivity contribution is 0.318. The fourth-order valence-corrected chi connectivity index (χ4v) is 1.75. The van der Waals surface area contributed by atoms with Gasteiger partial charge in [-0.1, -0.05) is 5.16 Å². The zero-order chi connectivity index (χ0) is 14.7. The predicted octanol–water partition coefficient (Wildman–Crippen LogP) is 2.57. The first kappa shape index (κ1) is 14.2. The molecule has 3 N–H and O–H groups in total. The maximum absolute atomic E-state index is 13.2. The van der Waals surface area contributed by atoms with E-state index < -0.39 is 5.82 Å². The molecule has 0 radical (unpaired) electrons. The van der Waals surface area contributed by atoms with E-state index >= 15 is 0 Å². The molecular formula is C12H10BrFN4O2. The van der Waals surface area contributed by atoms with Crippen molar-refractivity contribution in [3.8, 4) is 11.8 Å². The number of nitrogens with zero attached hydrogens (tertiary/aromatic N) is 3. The van der Waals surface area contributed by atoms with Crippen LogP contribution in [0.4, 0.5) is 4.39 Å².